The van der Waals surface area contributed by atoms with Crippen molar-refractivity contribution in [2.45, 2.75) is 64.5 Å². The Balaban J connectivity index is 1.84. The minimum absolute atomic E-state index is 0.500. The highest BCUT2D eigenvalue weighted by atomic mass is 35.5. The van der Waals surface area contributed by atoms with Crippen LogP contribution in [0.1, 0.15) is 51.5 Å². The van der Waals surface area contributed by atoms with Crippen LogP contribution in [0.15, 0.2) is 24.3 Å². The van der Waals surface area contributed by atoms with Gasteiger partial charge in [-0.05, 0) is 43.7 Å². The molecule has 3 unspecified atom stereocenters. The predicted octanol–water partition coefficient (Wildman–Crippen LogP) is 4.83. The fraction of sp³-hybridized carbons (Fsp3) is 0.647. The zero-order valence-electron chi connectivity index (χ0n) is 12.2. The summed E-state index contributed by atoms with van der Waals surface area (Å²) in [5, 5.41) is 4.69. The van der Waals surface area contributed by atoms with Crippen LogP contribution in [-0.4, -0.2) is 12.1 Å². The van der Waals surface area contributed by atoms with Gasteiger partial charge in [0.25, 0.3) is 0 Å². The van der Waals surface area contributed by atoms with Crippen molar-refractivity contribution in [3.05, 3.63) is 34.9 Å². The van der Waals surface area contributed by atoms with E-state index in [2.05, 4.69) is 31.3 Å². The van der Waals surface area contributed by atoms with Gasteiger partial charge >= 0.3 is 0 Å². The number of hydrogen-bond acceptors (Lipinski definition) is 1. The van der Waals surface area contributed by atoms with Crippen LogP contribution in [0.25, 0.3) is 0 Å². The standard InChI is InChI=1S/C17H26ClN/c1-3-14-7-6-9-16(12-14)19-13(2)11-15-8-4-5-10-17(15)18/h4-5,8,10,13-14,16,19H,3,6-7,9,11-12H2,1-2H3. The first kappa shape index (κ1) is 14.9. The molecule has 1 nitrogen and oxygen atoms in total. The lowest BCUT2D eigenvalue weighted by Crippen LogP contribution is -2.40. The van der Waals surface area contributed by atoms with Gasteiger partial charge in [-0.2, -0.15) is 0 Å². The monoisotopic (exact) mass is 279 g/mol. The van der Waals surface area contributed by atoms with Crippen molar-refractivity contribution in [3.63, 3.8) is 0 Å². The fourth-order valence-electron chi connectivity index (χ4n) is 3.27. The largest absolute Gasteiger partial charge is 0.311 e. The maximum Gasteiger partial charge on any atom is 0.0438 e. The van der Waals surface area contributed by atoms with E-state index in [1.54, 1.807) is 0 Å². The molecule has 106 valence electrons. The smallest absolute Gasteiger partial charge is 0.0438 e. The Labute approximate surface area is 122 Å². The van der Waals surface area contributed by atoms with Gasteiger partial charge in [0.15, 0.2) is 0 Å². The van der Waals surface area contributed by atoms with Crippen LogP contribution in [0.4, 0.5) is 0 Å². The van der Waals surface area contributed by atoms with E-state index in [9.17, 15) is 0 Å². The molecule has 1 N–H and O–H groups in total. The first-order valence-corrected chi connectivity index (χ1v) is 8.06. The maximum absolute atomic E-state index is 6.23. The van der Waals surface area contributed by atoms with Gasteiger partial charge in [0.2, 0.25) is 0 Å². The summed E-state index contributed by atoms with van der Waals surface area (Å²) in [5.41, 5.74) is 1.26. The normalized spacial score (nSPS) is 25.2. The van der Waals surface area contributed by atoms with Crippen LogP contribution in [-0.2, 0) is 6.42 Å². The molecule has 1 saturated carbocycles. The summed E-state index contributed by atoms with van der Waals surface area (Å²) >= 11 is 6.23. The highest BCUT2D eigenvalue weighted by Crippen LogP contribution is 2.27. The maximum atomic E-state index is 6.23. The van der Waals surface area contributed by atoms with Crippen molar-refractivity contribution >= 4 is 11.6 Å². The summed E-state index contributed by atoms with van der Waals surface area (Å²) in [4.78, 5) is 0. The molecule has 0 heterocycles. The van der Waals surface area contributed by atoms with Gasteiger partial charge in [0, 0.05) is 17.1 Å². The first-order chi connectivity index (χ1) is 9.19. The molecule has 3 atom stereocenters. The molecule has 1 fully saturated rings. The molecule has 2 heteroatoms. The Hall–Kier alpha value is -0.530. The molecular weight excluding hydrogens is 254 g/mol. The molecule has 2 rings (SSSR count). The van der Waals surface area contributed by atoms with Crippen molar-refractivity contribution in [2.24, 2.45) is 5.92 Å². The van der Waals surface area contributed by atoms with E-state index in [1.807, 2.05) is 12.1 Å². The highest BCUT2D eigenvalue weighted by molar-refractivity contribution is 6.31. The van der Waals surface area contributed by atoms with E-state index in [-0.39, 0.29) is 0 Å². The molecule has 1 aliphatic carbocycles. The van der Waals surface area contributed by atoms with Crippen molar-refractivity contribution in [1.29, 1.82) is 0 Å². The van der Waals surface area contributed by atoms with Gasteiger partial charge in [-0.25, -0.2) is 0 Å². The van der Waals surface area contributed by atoms with Crippen LogP contribution in [0.5, 0.6) is 0 Å². The van der Waals surface area contributed by atoms with E-state index in [0.29, 0.717) is 12.1 Å². The Morgan fingerprint density at radius 1 is 1.32 bits per heavy atom. The van der Waals surface area contributed by atoms with E-state index in [1.165, 1.54) is 37.7 Å². The van der Waals surface area contributed by atoms with Crippen LogP contribution in [0.2, 0.25) is 5.02 Å². The van der Waals surface area contributed by atoms with Crippen molar-refractivity contribution < 1.29 is 0 Å². The molecule has 0 amide bonds. The second-order valence-corrected chi connectivity index (χ2v) is 6.41. The summed E-state index contributed by atoms with van der Waals surface area (Å²) in [6.45, 7) is 4.60. The second kappa shape index (κ2) is 7.31. The molecule has 0 spiro atoms. The minimum atomic E-state index is 0.500. The molecule has 0 aliphatic heterocycles. The quantitative estimate of drug-likeness (QED) is 0.814. The van der Waals surface area contributed by atoms with Crippen LogP contribution >= 0.6 is 11.6 Å². The number of hydrogen-bond donors (Lipinski definition) is 1. The van der Waals surface area contributed by atoms with E-state index >= 15 is 0 Å². The molecule has 0 saturated heterocycles. The Morgan fingerprint density at radius 3 is 2.84 bits per heavy atom. The summed E-state index contributed by atoms with van der Waals surface area (Å²) in [6, 6.07) is 9.39. The lowest BCUT2D eigenvalue weighted by atomic mass is 9.84. The van der Waals surface area contributed by atoms with Gasteiger partial charge in [-0.15, -0.1) is 0 Å². The molecule has 19 heavy (non-hydrogen) atoms. The third kappa shape index (κ3) is 4.50. The van der Waals surface area contributed by atoms with Crippen LogP contribution in [0.3, 0.4) is 0 Å². The van der Waals surface area contributed by atoms with E-state index in [4.69, 9.17) is 11.6 Å². The summed E-state index contributed by atoms with van der Waals surface area (Å²) in [6.07, 6.45) is 7.85. The molecule has 1 aromatic carbocycles. The zero-order chi connectivity index (χ0) is 13.7. The molecule has 1 aromatic rings. The first-order valence-electron chi connectivity index (χ1n) is 7.68. The van der Waals surface area contributed by atoms with Crippen LogP contribution in [0, 0.1) is 5.92 Å². The van der Waals surface area contributed by atoms with Crippen molar-refractivity contribution in [2.75, 3.05) is 0 Å². The van der Waals surface area contributed by atoms with E-state index in [0.717, 1.165) is 17.4 Å². The van der Waals surface area contributed by atoms with Gasteiger partial charge in [-0.3, -0.25) is 0 Å². The van der Waals surface area contributed by atoms with Gasteiger partial charge in [0.05, 0.1) is 0 Å². The molecule has 0 bridgehead atoms. The fourth-order valence-corrected chi connectivity index (χ4v) is 3.48. The molecule has 0 radical (unpaired) electrons. The zero-order valence-corrected chi connectivity index (χ0v) is 12.9. The summed E-state index contributed by atoms with van der Waals surface area (Å²) < 4.78 is 0. The molecule has 1 aliphatic rings. The predicted molar refractivity (Wildman–Crippen MR) is 83.8 cm³/mol. The Kier molecular flexibility index (Phi) is 5.72. The number of halogens is 1. The SMILES string of the molecule is CCC1CCCC(NC(C)Cc2ccccc2Cl)C1. The van der Waals surface area contributed by atoms with Crippen LogP contribution < -0.4 is 5.32 Å². The Morgan fingerprint density at radius 2 is 2.11 bits per heavy atom. The average Bonchev–Trinajstić information content (AvgIpc) is 2.41. The van der Waals surface area contributed by atoms with Crippen molar-refractivity contribution in [1.82, 2.24) is 5.32 Å². The lowest BCUT2D eigenvalue weighted by Gasteiger charge is -2.31. The van der Waals surface area contributed by atoms with Gasteiger partial charge in [0.1, 0.15) is 0 Å². The lowest BCUT2D eigenvalue weighted by molar-refractivity contribution is 0.264. The Bertz CT molecular complexity index is 391. The number of nitrogens with one attached hydrogen (secondary N) is 1. The molecular formula is C17H26ClN. The number of rotatable bonds is 5. The summed E-state index contributed by atoms with van der Waals surface area (Å²) in [7, 11) is 0. The topological polar surface area (TPSA) is 12.0 Å². The molecule has 0 aromatic heterocycles. The third-order valence-corrected chi connectivity index (χ3v) is 4.73. The average molecular weight is 280 g/mol. The van der Waals surface area contributed by atoms with E-state index < -0.39 is 0 Å². The third-order valence-electron chi connectivity index (χ3n) is 4.36. The van der Waals surface area contributed by atoms with Crippen molar-refractivity contribution in [3.8, 4) is 0 Å². The van der Waals surface area contributed by atoms with Gasteiger partial charge in [-0.1, -0.05) is 56.0 Å². The van der Waals surface area contributed by atoms with Gasteiger partial charge < -0.3 is 5.32 Å². The second-order valence-electron chi connectivity index (χ2n) is 6.00. The highest BCUT2D eigenvalue weighted by Gasteiger charge is 2.21. The number of benzene rings is 1. The summed E-state index contributed by atoms with van der Waals surface area (Å²) in [5.74, 6) is 0.929. The minimum Gasteiger partial charge on any atom is -0.311 e.